The number of hydrogen-bond donors (Lipinski definition) is 0. The van der Waals surface area contributed by atoms with Gasteiger partial charge in [0.2, 0.25) is 0 Å². The van der Waals surface area contributed by atoms with Gasteiger partial charge in [0.05, 0.1) is 41.2 Å². The van der Waals surface area contributed by atoms with Gasteiger partial charge >= 0.3 is 12.4 Å². The Morgan fingerprint density at radius 3 is 2.04 bits per heavy atom. The van der Waals surface area contributed by atoms with Crippen LogP contribution in [-0.2, 0) is 12.4 Å². The number of para-hydroxylation sites is 1. The van der Waals surface area contributed by atoms with E-state index in [0.29, 0.717) is 28.8 Å². The second kappa shape index (κ2) is 12.0. The van der Waals surface area contributed by atoms with Crippen LogP contribution in [0.5, 0.6) is 17.2 Å². The van der Waals surface area contributed by atoms with Crippen LogP contribution in [0.15, 0.2) is 97.5 Å². The first kappa shape index (κ1) is 32.8. The number of nitrogens with zero attached hydrogens (tertiary/aromatic N) is 4. The molecule has 3 heterocycles. The van der Waals surface area contributed by atoms with Crippen LogP contribution in [0.3, 0.4) is 0 Å². The van der Waals surface area contributed by atoms with Crippen molar-refractivity contribution in [3.05, 3.63) is 125 Å². The van der Waals surface area contributed by atoms with Crippen molar-refractivity contribution in [2.75, 3.05) is 7.11 Å². The van der Waals surface area contributed by atoms with E-state index in [1.165, 1.54) is 31.6 Å². The smallest absolute Gasteiger partial charge is 0.417 e. The van der Waals surface area contributed by atoms with E-state index in [1.54, 1.807) is 43.6 Å². The minimum Gasteiger partial charge on any atom is -0.497 e. The first-order valence-electron chi connectivity index (χ1n) is 15.4. The van der Waals surface area contributed by atoms with Crippen molar-refractivity contribution >= 4 is 21.8 Å². The SMILES string of the molecule is COc1ccnc(-n2c3ccccc3c3ccc(Oc4cccc(-n5cc(-c6c(C(F)(F)F)c(C)c(C)c(C)c6C(F)(F)F)cn5)c4)cc32)c1. The molecule has 3 aromatic heterocycles. The molecule has 0 saturated carbocycles. The molecule has 0 saturated heterocycles. The highest BCUT2D eigenvalue weighted by Crippen LogP contribution is 2.49. The zero-order valence-corrected chi connectivity index (χ0v) is 27.1. The molecule has 4 aromatic carbocycles. The van der Waals surface area contributed by atoms with Crippen molar-refractivity contribution in [2.24, 2.45) is 0 Å². The van der Waals surface area contributed by atoms with Gasteiger partial charge < -0.3 is 9.47 Å². The van der Waals surface area contributed by atoms with Crippen molar-refractivity contribution in [2.45, 2.75) is 33.1 Å². The molecule has 6 nitrogen and oxygen atoms in total. The Balaban J connectivity index is 1.28. The third-order valence-corrected chi connectivity index (χ3v) is 8.96. The first-order chi connectivity index (χ1) is 23.8. The molecule has 7 rings (SSSR count). The highest BCUT2D eigenvalue weighted by atomic mass is 19.4. The highest BCUT2D eigenvalue weighted by Gasteiger charge is 2.44. The van der Waals surface area contributed by atoms with Crippen LogP contribution < -0.4 is 9.47 Å². The summed E-state index contributed by atoms with van der Waals surface area (Å²) < 4.78 is 101. The van der Waals surface area contributed by atoms with E-state index in [-0.39, 0.29) is 22.3 Å². The summed E-state index contributed by atoms with van der Waals surface area (Å²) in [5, 5.41) is 6.15. The number of pyridine rings is 1. The molecular weight excluding hydrogens is 658 g/mol. The molecule has 0 spiro atoms. The van der Waals surface area contributed by atoms with E-state index in [0.717, 1.165) is 28.0 Å². The van der Waals surface area contributed by atoms with Crippen LogP contribution in [0.4, 0.5) is 26.3 Å². The normalized spacial score (nSPS) is 12.2. The molecule has 0 amide bonds. The van der Waals surface area contributed by atoms with Crippen LogP contribution in [0.1, 0.15) is 27.8 Å². The molecule has 12 heteroatoms. The van der Waals surface area contributed by atoms with Crippen LogP contribution >= 0.6 is 0 Å². The van der Waals surface area contributed by atoms with Crippen molar-refractivity contribution < 1.29 is 35.8 Å². The molecule has 254 valence electrons. The van der Waals surface area contributed by atoms with Crippen LogP contribution in [0.2, 0.25) is 0 Å². The predicted molar refractivity (Wildman–Crippen MR) is 178 cm³/mol. The van der Waals surface area contributed by atoms with Gasteiger partial charge in [0, 0.05) is 52.5 Å². The second-order valence-electron chi connectivity index (χ2n) is 11.9. The van der Waals surface area contributed by atoms with E-state index < -0.39 is 29.0 Å². The largest absolute Gasteiger partial charge is 0.497 e. The Kier molecular flexibility index (Phi) is 7.84. The summed E-state index contributed by atoms with van der Waals surface area (Å²) in [5.41, 5.74) is -2.40. The molecular formula is C38H28F6N4O2. The maximum Gasteiger partial charge on any atom is 0.417 e. The minimum absolute atomic E-state index is 0.0658. The van der Waals surface area contributed by atoms with Crippen molar-refractivity contribution in [3.8, 4) is 39.9 Å². The number of hydrogen-bond acceptors (Lipinski definition) is 4. The zero-order valence-electron chi connectivity index (χ0n) is 27.1. The van der Waals surface area contributed by atoms with E-state index in [9.17, 15) is 26.3 Å². The number of methoxy groups -OCH3 is 1. The summed E-state index contributed by atoms with van der Waals surface area (Å²) in [5.74, 6) is 2.14. The third kappa shape index (κ3) is 5.60. The van der Waals surface area contributed by atoms with Gasteiger partial charge in [0.15, 0.2) is 0 Å². The van der Waals surface area contributed by atoms with Gasteiger partial charge in [0.1, 0.15) is 23.1 Å². The fourth-order valence-electron chi connectivity index (χ4n) is 6.48. The molecule has 0 unspecified atom stereocenters. The molecule has 0 fully saturated rings. The Bertz CT molecular complexity index is 2380. The highest BCUT2D eigenvalue weighted by molar-refractivity contribution is 6.09. The van der Waals surface area contributed by atoms with Gasteiger partial charge in [-0.2, -0.15) is 31.4 Å². The van der Waals surface area contributed by atoms with Gasteiger partial charge in [-0.3, -0.25) is 4.57 Å². The lowest BCUT2D eigenvalue weighted by molar-refractivity contribution is -0.142. The molecule has 0 bridgehead atoms. The number of benzene rings is 4. The summed E-state index contributed by atoms with van der Waals surface area (Å²) in [6, 6.07) is 23.7. The second-order valence-corrected chi connectivity index (χ2v) is 11.9. The molecule has 0 radical (unpaired) electrons. The molecule has 0 aliphatic heterocycles. The Morgan fingerprint density at radius 1 is 0.660 bits per heavy atom. The number of rotatable bonds is 6. The van der Waals surface area contributed by atoms with Gasteiger partial charge in [-0.25, -0.2) is 9.67 Å². The third-order valence-electron chi connectivity index (χ3n) is 8.96. The lowest BCUT2D eigenvalue weighted by Crippen LogP contribution is -2.19. The Labute approximate surface area is 282 Å². The van der Waals surface area contributed by atoms with Crippen molar-refractivity contribution in [1.29, 1.82) is 0 Å². The van der Waals surface area contributed by atoms with Gasteiger partial charge in [-0.05, 0) is 73.9 Å². The number of aromatic nitrogens is 4. The molecule has 0 aliphatic carbocycles. The van der Waals surface area contributed by atoms with Crippen molar-refractivity contribution in [1.82, 2.24) is 19.3 Å². The fraction of sp³-hybridized carbons (Fsp3) is 0.158. The topological polar surface area (TPSA) is 54.1 Å². The standard InChI is InChI=1S/C38H28F6N4O2/c1-21-22(2)35(37(39,40)41)34(36(23(21)3)38(42,43)44)24-19-46-47(20-24)25-8-7-9-27(16-25)50-28-12-13-30-29-10-5-6-11-31(29)48(32(30)17-28)33-18-26(49-4)14-15-45-33/h5-20H,1-4H3. The maximum atomic E-state index is 14.4. The van der Waals surface area contributed by atoms with Crippen LogP contribution in [0, 0.1) is 20.8 Å². The summed E-state index contributed by atoms with van der Waals surface area (Å²) in [4.78, 5) is 4.57. The van der Waals surface area contributed by atoms with E-state index in [2.05, 4.69) is 10.1 Å². The average molecular weight is 687 g/mol. The van der Waals surface area contributed by atoms with E-state index in [4.69, 9.17) is 9.47 Å². The Hall–Kier alpha value is -5.78. The molecule has 0 atom stereocenters. The monoisotopic (exact) mass is 686 g/mol. The molecule has 7 aromatic rings. The Morgan fingerprint density at radius 2 is 1.34 bits per heavy atom. The van der Waals surface area contributed by atoms with Gasteiger partial charge in [-0.15, -0.1) is 0 Å². The van der Waals surface area contributed by atoms with Gasteiger partial charge in [0.25, 0.3) is 0 Å². The average Bonchev–Trinajstić information content (AvgIpc) is 3.69. The number of halogens is 6. The summed E-state index contributed by atoms with van der Waals surface area (Å²) in [7, 11) is 1.58. The zero-order chi connectivity index (χ0) is 35.5. The molecule has 0 aliphatic rings. The lowest BCUT2D eigenvalue weighted by Gasteiger charge is -2.24. The summed E-state index contributed by atoms with van der Waals surface area (Å²) >= 11 is 0. The van der Waals surface area contributed by atoms with E-state index in [1.807, 2.05) is 53.1 Å². The van der Waals surface area contributed by atoms with Crippen LogP contribution in [0.25, 0.3) is 44.4 Å². The van der Waals surface area contributed by atoms with Crippen molar-refractivity contribution in [3.63, 3.8) is 0 Å². The number of alkyl halides is 6. The molecule has 0 N–H and O–H groups in total. The molecule has 50 heavy (non-hydrogen) atoms. The number of fused-ring (bicyclic) bond motifs is 3. The lowest BCUT2D eigenvalue weighted by atomic mass is 9.85. The minimum atomic E-state index is -5.04. The fourth-order valence-corrected chi connectivity index (χ4v) is 6.48. The van der Waals surface area contributed by atoms with Gasteiger partial charge in [-0.1, -0.05) is 24.3 Å². The number of ether oxygens (including phenoxy) is 2. The first-order valence-corrected chi connectivity index (χ1v) is 15.4. The quantitative estimate of drug-likeness (QED) is 0.163. The maximum absolute atomic E-state index is 14.4. The summed E-state index contributed by atoms with van der Waals surface area (Å²) in [6.45, 7) is 3.63. The van der Waals surface area contributed by atoms with Crippen LogP contribution in [-0.4, -0.2) is 26.4 Å². The summed E-state index contributed by atoms with van der Waals surface area (Å²) in [6.07, 6.45) is -6.23. The predicted octanol–water partition coefficient (Wildman–Crippen LogP) is 10.8. The van der Waals surface area contributed by atoms with E-state index >= 15 is 0 Å².